The van der Waals surface area contributed by atoms with Gasteiger partial charge in [-0.15, -0.1) is 0 Å². The molecule has 1 aromatic heterocycles. The first-order valence-corrected chi connectivity index (χ1v) is 7.73. The lowest BCUT2D eigenvalue weighted by molar-refractivity contribution is 0.252. The number of carbonyl (C=O) groups excluding carboxylic acids is 1. The van der Waals surface area contributed by atoms with Gasteiger partial charge in [-0.3, -0.25) is 0 Å². The van der Waals surface area contributed by atoms with Gasteiger partial charge in [-0.1, -0.05) is 12.1 Å². The first-order chi connectivity index (χ1) is 11.7. The number of hydrogen-bond donors (Lipinski definition) is 2. The van der Waals surface area contributed by atoms with Crippen molar-refractivity contribution in [1.29, 1.82) is 0 Å². The Morgan fingerprint density at radius 1 is 0.958 bits per heavy atom. The highest BCUT2D eigenvalue weighted by Crippen LogP contribution is 2.13. The summed E-state index contributed by atoms with van der Waals surface area (Å²) in [6, 6.07) is 17.5. The van der Waals surface area contributed by atoms with Crippen molar-refractivity contribution in [3.8, 4) is 5.69 Å². The number of amides is 2. The molecular formula is C19H18FN3O. The molecule has 3 rings (SSSR count). The smallest absolute Gasteiger partial charge is 0.319 e. The number of carbonyl (C=O) groups is 1. The van der Waals surface area contributed by atoms with Crippen LogP contribution in [0.15, 0.2) is 73.1 Å². The topological polar surface area (TPSA) is 46.1 Å². The number of aromatic nitrogens is 1. The number of halogens is 1. The Morgan fingerprint density at radius 3 is 2.29 bits per heavy atom. The molecule has 0 aliphatic rings. The van der Waals surface area contributed by atoms with Gasteiger partial charge in [0, 0.05) is 30.3 Å². The van der Waals surface area contributed by atoms with Crippen LogP contribution in [-0.2, 0) is 6.42 Å². The van der Waals surface area contributed by atoms with Crippen molar-refractivity contribution in [3.63, 3.8) is 0 Å². The summed E-state index contributed by atoms with van der Waals surface area (Å²) in [6.07, 6.45) is 4.58. The maximum Gasteiger partial charge on any atom is 0.319 e. The van der Waals surface area contributed by atoms with E-state index in [1.807, 2.05) is 53.4 Å². The van der Waals surface area contributed by atoms with Crippen LogP contribution in [-0.4, -0.2) is 17.1 Å². The van der Waals surface area contributed by atoms with E-state index in [-0.39, 0.29) is 11.8 Å². The van der Waals surface area contributed by atoms with Crippen molar-refractivity contribution in [2.24, 2.45) is 0 Å². The monoisotopic (exact) mass is 323 g/mol. The molecule has 0 bridgehead atoms. The molecule has 122 valence electrons. The minimum atomic E-state index is -0.258. The van der Waals surface area contributed by atoms with E-state index in [1.165, 1.54) is 12.1 Å². The van der Waals surface area contributed by atoms with Crippen molar-refractivity contribution >= 4 is 11.7 Å². The number of rotatable bonds is 5. The van der Waals surface area contributed by atoms with Crippen LogP contribution in [0.3, 0.4) is 0 Å². The molecule has 1 heterocycles. The maximum atomic E-state index is 12.8. The zero-order valence-corrected chi connectivity index (χ0v) is 13.1. The van der Waals surface area contributed by atoms with Crippen LogP contribution in [0.1, 0.15) is 5.56 Å². The summed E-state index contributed by atoms with van der Waals surface area (Å²) in [5.41, 5.74) is 2.74. The van der Waals surface area contributed by atoms with E-state index in [4.69, 9.17) is 0 Å². The predicted octanol–water partition coefficient (Wildman–Crippen LogP) is 3.98. The highest BCUT2D eigenvalue weighted by Gasteiger charge is 2.02. The highest BCUT2D eigenvalue weighted by molar-refractivity contribution is 5.89. The van der Waals surface area contributed by atoms with Crippen molar-refractivity contribution in [1.82, 2.24) is 9.88 Å². The Morgan fingerprint density at radius 2 is 1.62 bits per heavy atom. The number of nitrogens with zero attached hydrogens (tertiary/aromatic N) is 1. The number of anilines is 1. The van der Waals surface area contributed by atoms with Gasteiger partial charge in [-0.25, -0.2) is 9.18 Å². The average molecular weight is 323 g/mol. The van der Waals surface area contributed by atoms with E-state index in [0.717, 1.165) is 16.9 Å². The Bertz CT molecular complexity index is 780. The summed E-state index contributed by atoms with van der Waals surface area (Å²) in [6.45, 7) is 0.485. The van der Waals surface area contributed by atoms with E-state index in [1.54, 1.807) is 12.1 Å². The number of nitrogens with one attached hydrogen (secondary N) is 2. The van der Waals surface area contributed by atoms with Gasteiger partial charge in [0.05, 0.1) is 0 Å². The predicted molar refractivity (Wildman–Crippen MR) is 92.9 cm³/mol. The fourth-order valence-electron chi connectivity index (χ4n) is 2.37. The lowest BCUT2D eigenvalue weighted by Crippen LogP contribution is -2.30. The van der Waals surface area contributed by atoms with E-state index < -0.39 is 0 Å². The molecule has 2 N–H and O–H groups in total. The van der Waals surface area contributed by atoms with Gasteiger partial charge in [0.2, 0.25) is 0 Å². The Balaban J connectivity index is 1.47. The Hall–Kier alpha value is -3.08. The highest BCUT2D eigenvalue weighted by atomic mass is 19.1. The normalized spacial score (nSPS) is 10.4. The molecule has 2 aromatic carbocycles. The van der Waals surface area contributed by atoms with Crippen LogP contribution >= 0.6 is 0 Å². The molecule has 0 radical (unpaired) electrons. The molecule has 0 saturated heterocycles. The minimum Gasteiger partial charge on any atom is -0.338 e. The summed E-state index contributed by atoms with van der Waals surface area (Å²) in [5.74, 6) is -0.257. The molecule has 0 spiro atoms. The summed E-state index contributed by atoms with van der Waals surface area (Å²) in [4.78, 5) is 11.9. The van der Waals surface area contributed by atoms with E-state index in [0.29, 0.717) is 13.0 Å². The second-order valence-electron chi connectivity index (χ2n) is 5.39. The van der Waals surface area contributed by atoms with Gasteiger partial charge in [0.1, 0.15) is 5.82 Å². The maximum absolute atomic E-state index is 12.8. The van der Waals surface area contributed by atoms with Gasteiger partial charge in [-0.05, 0) is 60.5 Å². The lowest BCUT2D eigenvalue weighted by atomic mass is 10.1. The fraction of sp³-hybridized carbons (Fsp3) is 0.105. The number of urea groups is 1. The van der Waals surface area contributed by atoms with Crippen molar-refractivity contribution < 1.29 is 9.18 Å². The molecule has 2 amide bonds. The first kappa shape index (κ1) is 15.8. The average Bonchev–Trinajstić information content (AvgIpc) is 3.12. The van der Waals surface area contributed by atoms with Crippen LogP contribution in [0.25, 0.3) is 5.69 Å². The fourth-order valence-corrected chi connectivity index (χ4v) is 2.37. The summed E-state index contributed by atoms with van der Waals surface area (Å²) >= 11 is 0. The molecule has 0 unspecified atom stereocenters. The third kappa shape index (κ3) is 4.23. The van der Waals surface area contributed by atoms with Crippen molar-refractivity contribution in [2.75, 3.05) is 11.9 Å². The van der Waals surface area contributed by atoms with Crippen LogP contribution in [0, 0.1) is 5.82 Å². The van der Waals surface area contributed by atoms with Gasteiger partial charge in [-0.2, -0.15) is 0 Å². The van der Waals surface area contributed by atoms with Gasteiger partial charge in [0.25, 0.3) is 0 Å². The third-order valence-corrected chi connectivity index (χ3v) is 3.64. The van der Waals surface area contributed by atoms with E-state index in [9.17, 15) is 9.18 Å². The largest absolute Gasteiger partial charge is 0.338 e. The quantitative estimate of drug-likeness (QED) is 0.733. The van der Waals surface area contributed by atoms with Gasteiger partial charge < -0.3 is 15.2 Å². The van der Waals surface area contributed by atoms with Crippen LogP contribution < -0.4 is 10.6 Å². The molecule has 0 saturated carbocycles. The first-order valence-electron chi connectivity index (χ1n) is 7.73. The molecule has 5 heteroatoms. The Kier molecular flexibility index (Phi) is 4.91. The van der Waals surface area contributed by atoms with Crippen LogP contribution in [0.5, 0.6) is 0 Å². The van der Waals surface area contributed by atoms with E-state index >= 15 is 0 Å². The van der Waals surface area contributed by atoms with Crippen molar-refractivity contribution in [3.05, 3.63) is 84.4 Å². The molecule has 0 aliphatic carbocycles. The molecule has 4 nitrogen and oxygen atoms in total. The molecule has 0 fully saturated rings. The summed E-state index contributed by atoms with van der Waals surface area (Å²) in [7, 11) is 0. The second kappa shape index (κ2) is 7.46. The second-order valence-corrected chi connectivity index (χ2v) is 5.39. The number of benzene rings is 2. The van der Waals surface area contributed by atoms with E-state index in [2.05, 4.69) is 10.6 Å². The number of hydrogen-bond acceptors (Lipinski definition) is 1. The van der Waals surface area contributed by atoms with Gasteiger partial charge in [0.15, 0.2) is 0 Å². The van der Waals surface area contributed by atoms with Crippen LogP contribution in [0.4, 0.5) is 14.9 Å². The Labute approximate surface area is 139 Å². The minimum absolute atomic E-state index is 0.257. The molecule has 0 atom stereocenters. The molecule has 24 heavy (non-hydrogen) atoms. The molecule has 3 aromatic rings. The molecule has 0 aliphatic heterocycles. The zero-order valence-electron chi connectivity index (χ0n) is 13.1. The zero-order chi connectivity index (χ0) is 16.8. The van der Waals surface area contributed by atoms with Gasteiger partial charge >= 0.3 is 6.03 Å². The summed E-state index contributed by atoms with van der Waals surface area (Å²) in [5, 5.41) is 5.58. The SMILES string of the molecule is O=C(NCCc1ccc(F)cc1)Nc1ccc(-n2cccc2)cc1. The third-order valence-electron chi connectivity index (χ3n) is 3.64. The molecular weight excluding hydrogens is 305 g/mol. The van der Waals surface area contributed by atoms with Crippen molar-refractivity contribution in [2.45, 2.75) is 6.42 Å². The summed E-state index contributed by atoms with van der Waals surface area (Å²) < 4.78 is 14.8. The van der Waals surface area contributed by atoms with Crippen LogP contribution in [0.2, 0.25) is 0 Å². The standard InChI is InChI=1S/C19H18FN3O/c20-16-5-3-15(4-6-16)11-12-21-19(24)22-17-7-9-18(10-8-17)23-13-1-2-14-23/h1-10,13-14H,11-12H2,(H2,21,22,24). The lowest BCUT2D eigenvalue weighted by Gasteiger charge is -2.09.